The van der Waals surface area contributed by atoms with Crippen molar-refractivity contribution in [3.8, 4) is 5.75 Å². The summed E-state index contributed by atoms with van der Waals surface area (Å²) in [7, 11) is 0. The van der Waals surface area contributed by atoms with Crippen molar-refractivity contribution in [1.29, 1.82) is 0 Å². The van der Waals surface area contributed by atoms with Crippen LogP contribution in [0.25, 0.3) is 0 Å². The third-order valence-corrected chi connectivity index (χ3v) is 4.17. The third kappa shape index (κ3) is 4.15. The molecule has 0 bridgehead atoms. The summed E-state index contributed by atoms with van der Waals surface area (Å²) in [6.07, 6.45) is -0.754. The second kappa shape index (κ2) is 7.03. The van der Waals surface area contributed by atoms with Crippen molar-refractivity contribution < 1.29 is 14.6 Å². The molecule has 116 valence electrons. The van der Waals surface area contributed by atoms with E-state index >= 15 is 0 Å². The van der Waals surface area contributed by atoms with Gasteiger partial charge in [0.05, 0.1) is 0 Å². The summed E-state index contributed by atoms with van der Waals surface area (Å²) in [5, 5.41) is 10.6. The van der Waals surface area contributed by atoms with Gasteiger partial charge in [0.25, 0.3) is 0 Å². The van der Waals surface area contributed by atoms with Crippen LogP contribution in [0.15, 0.2) is 36.4 Å². The summed E-state index contributed by atoms with van der Waals surface area (Å²) in [6, 6.07) is 10.6. The molecule has 0 amide bonds. The molecule has 2 aromatic carbocycles. The van der Waals surface area contributed by atoms with E-state index in [1.165, 1.54) is 0 Å². The van der Waals surface area contributed by atoms with Crippen LogP contribution in [0.4, 0.5) is 0 Å². The molecule has 2 rings (SSSR count). The fourth-order valence-corrected chi connectivity index (χ4v) is 2.33. The minimum absolute atomic E-state index is 0.233. The number of benzene rings is 2. The van der Waals surface area contributed by atoms with Crippen molar-refractivity contribution in [3.63, 3.8) is 0 Å². The Bertz CT molecular complexity index is 645. The molecule has 0 radical (unpaired) electrons. The van der Waals surface area contributed by atoms with Crippen LogP contribution in [0.1, 0.15) is 16.7 Å². The van der Waals surface area contributed by atoms with Crippen molar-refractivity contribution in [3.05, 3.63) is 63.1 Å². The highest BCUT2D eigenvalue weighted by molar-refractivity contribution is 6.31. The molecule has 0 fully saturated rings. The first kappa shape index (κ1) is 16.7. The third-order valence-electron chi connectivity index (χ3n) is 3.34. The van der Waals surface area contributed by atoms with E-state index in [-0.39, 0.29) is 6.42 Å². The van der Waals surface area contributed by atoms with Crippen LogP contribution < -0.4 is 4.74 Å². The predicted octanol–water partition coefficient (Wildman–Crippen LogP) is 4.68. The fourth-order valence-electron chi connectivity index (χ4n) is 2.01. The lowest BCUT2D eigenvalue weighted by Crippen LogP contribution is -2.29. The SMILES string of the molecule is Cc1cc(O[C@@H](Cc2ccc(C)c(Cl)c2)C(=O)O)ccc1Cl. The van der Waals surface area contributed by atoms with Crippen molar-refractivity contribution in [2.24, 2.45) is 0 Å². The smallest absolute Gasteiger partial charge is 0.345 e. The molecule has 1 atom stereocenters. The highest BCUT2D eigenvalue weighted by atomic mass is 35.5. The van der Waals surface area contributed by atoms with Crippen LogP contribution in [0.5, 0.6) is 5.75 Å². The van der Waals surface area contributed by atoms with Gasteiger partial charge in [-0.2, -0.15) is 0 Å². The van der Waals surface area contributed by atoms with Gasteiger partial charge in [-0.25, -0.2) is 4.79 Å². The number of carbonyl (C=O) groups is 1. The summed E-state index contributed by atoms with van der Waals surface area (Å²) < 4.78 is 5.58. The van der Waals surface area contributed by atoms with Crippen LogP contribution in [-0.2, 0) is 11.2 Å². The van der Waals surface area contributed by atoms with E-state index in [2.05, 4.69) is 0 Å². The van der Waals surface area contributed by atoms with E-state index < -0.39 is 12.1 Å². The zero-order chi connectivity index (χ0) is 16.3. The van der Waals surface area contributed by atoms with Gasteiger partial charge in [-0.05, 0) is 54.8 Å². The number of rotatable bonds is 5. The highest BCUT2D eigenvalue weighted by Gasteiger charge is 2.20. The van der Waals surface area contributed by atoms with Gasteiger partial charge in [-0.1, -0.05) is 35.3 Å². The first-order valence-corrected chi connectivity index (χ1v) is 7.53. The topological polar surface area (TPSA) is 46.5 Å². The minimum Gasteiger partial charge on any atom is -0.478 e. The lowest BCUT2D eigenvalue weighted by molar-refractivity contribution is -0.145. The average Bonchev–Trinajstić information content (AvgIpc) is 2.46. The molecule has 0 saturated heterocycles. The molecule has 22 heavy (non-hydrogen) atoms. The number of halogens is 2. The monoisotopic (exact) mass is 338 g/mol. The molecule has 0 aromatic heterocycles. The van der Waals surface area contributed by atoms with Crippen LogP contribution in [-0.4, -0.2) is 17.2 Å². The number of hydrogen-bond donors (Lipinski definition) is 1. The van der Waals surface area contributed by atoms with E-state index in [1.54, 1.807) is 24.3 Å². The maximum absolute atomic E-state index is 11.4. The number of hydrogen-bond acceptors (Lipinski definition) is 2. The lowest BCUT2D eigenvalue weighted by atomic mass is 10.1. The van der Waals surface area contributed by atoms with E-state index in [0.717, 1.165) is 16.7 Å². The maximum Gasteiger partial charge on any atom is 0.345 e. The Morgan fingerprint density at radius 2 is 1.82 bits per heavy atom. The van der Waals surface area contributed by atoms with Gasteiger partial charge < -0.3 is 9.84 Å². The standard InChI is InChI=1S/C17H16Cl2O3/c1-10-3-4-12(8-15(10)19)9-16(17(20)21)22-13-5-6-14(18)11(2)7-13/h3-8,16H,9H2,1-2H3,(H,20,21)/t16-/m0/s1. The summed E-state index contributed by atoms with van der Waals surface area (Å²) in [5.74, 6) is -0.545. The van der Waals surface area contributed by atoms with Crippen molar-refractivity contribution in [2.75, 3.05) is 0 Å². The lowest BCUT2D eigenvalue weighted by Gasteiger charge is -2.16. The molecule has 0 spiro atoms. The predicted molar refractivity (Wildman–Crippen MR) is 88.1 cm³/mol. The maximum atomic E-state index is 11.4. The number of ether oxygens (including phenoxy) is 1. The molecule has 0 unspecified atom stereocenters. The van der Waals surface area contributed by atoms with Crippen LogP contribution in [0.2, 0.25) is 10.0 Å². The molecule has 0 aliphatic rings. The molecular weight excluding hydrogens is 323 g/mol. The average molecular weight is 339 g/mol. The first-order valence-electron chi connectivity index (χ1n) is 6.77. The van der Waals surface area contributed by atoms with E-state index in [9.17, 15) is 9.90 Å². The van der Waals surface area contributed by atoms with Gasteiger partial charge in [-0.3, -0.25) is 0 Å². The highest BCUT2D eigenvalue weighted by Crippen LogP contribution is 2.23. The molecule has 0 saturated carbocycles. The van der Waals surface area contributed by atoms with E-state index in [0.29, 0.717) is 15.8 Å². The summed E-state index contributed by atoms with van der Waals surface area (Å²) in [5.41, 5.74) is 2.60. The molecule has 1 N–H and O–H groups in total. The molecular formula is C17H16Cl2O3. The second-order valence-corrected chi connectivity index (χ2v) is 5.96. The van der Waals surface area contributed by atoms with Crippen LogP contribution in [0, 0.1) is 13.8 Å². The van der Waals surface area contributed by atoms with Crippen LogP contribution >= 0.6 is 23.2 Å². The molecule has 0 heterocycles. The normalized spacial score (nSPS) is 12.0. The summed E-state index contributed by atoms with van der Waals surface area (Å²) in [4.78, 5) is 11.4. The van der Waals surface area contributed by atoms with Crippen molar-refractivity contribution >= 4 is 29.2 Å². The Morgan fingerprint density at radius 1 is 1.09 bits per heavy atom. The summed E-state index contributed by atoms with van der Waals surface area (Å²) >= 11 is 12.0. The zero-order valence-electron chi connectivity index (χ0n) is 12.3. The molecule has 2 aromatic rings. The van der Waals surface area contributed by atoms with Gasteiger partial charge in [0.15, 0.2) is 6.10 Å². The van der Waals surface area contributed by atoms with E-state index in [1.807, 2.05) is 26.0 Å². The fraction of sp³-hybridized carbons (Fsp3) is 0.235. The largest absolute Gasteiger partial charge is 0.478 e. The van der Waals surface area contributed by atoms with Crippen molar-refractivity contribution in [2.45, 2.75) is 26.4 Å². The molecule has 3 nitrogen and oxygen atoms in total. The Kier molecular flexibility index (Phi) is 5.33. The number of carboxylic acid groups (broad SMARTS) is 1. The minimum atomic E-state index is -1.02. The molecule has 5 heteroatoms. The van der Waals surface area contributed by atoms with Gasteiger partial charge in [-0.15, -0.1) is 0 Å². The molecule has 0 aliphatic carbocycles. The Hall–Kier alpha value is -1.71. The Labute approximate surface area is 139 Å². The van der Waals surface area contributed by atoms with E-state index in [4.69, 9.17) is 27.9 Å². The second-order valence-electron chi connectivity index (χ2n) is 5.14. The van der Waals surface area contributed by atoms with Gasteiger partial charge in [0.1, 0.15) is 5.75 Å². The quantitative estimate of drug-likeness (QED) is 0.860. The number of carboxylic acids is 1. The van der Waals surface area contributed by atoms with Gasteiger partial charge >= 0.3 is 5.97 Å². The number of aliphatic carboxylic acids is 1. The first-order chi connectivity index (χ1) is 10.4. The van der Waals surface area contributed by atoms with Crippen LogP contribution in [0.3, 0.4) is 0 Å². The van der Waals surface area contributed by atoms with Crippen molar-refractivity contribution in [1.82, 2.24) is 0 Å². The summed E-state index contributed by atoms with van der Waals surface area (Å²) in [6.45, 7) is 3.73. The zero-order valence-corrected chi connectivity index (χ0v) is 13.8. The Balaban J connectivity index is 2.17. The number of aryl methyl sites for hydroxylation is 2. The van der Waals surface area contributed by atoms with Gasteiger partial charge in [0.2, 0.25) is 0 Å². The Morgan fingerprint density at radius 3 is 2.41 bits per heavy atom. The molecule has 0 aliphatic heterocycles. The van der Waals surface area contributed by atoms with Gasteiger partial charge in [0, 0.05) is 16.5 Å².